The van der Waals surface area contributed by atoms with Crippen LogP contribution in [0.15, 0.2) is 36.7 Å². The van der Waals surface area contributed by atoms with E-state index in [0.29, 0.717) is 6.54 Å². The summed E-state index contributed by atoms with van der Waals surface area (Å²) in [5.74, 6) is -0.357. The van der Waals surface area contributed by atoms with Gasteiger partial charge in [0.25, 0.3) is 0 Å². The molecule has 3 N–H and O–H groups in total. The largest absolute Gasteiger partial charge is 0.368 e. The first kappa shape index (κ1) is 12.5. The van der Waals surface area contributed by atoms with Crippen LogP contribution in [-0.2, 0) is 11.3 Å². The van der Waals surface area contributed by atoms with E-state index in [0.717, 1.165) is 16.3 Å². The number of carbonyl (C=O) groups is 1. The minimum atomic E-state index is -0.713. The zero-order valence-corrected chi connectivity index (χ0v) is 10.6. The summed E-state index contributed by atoms with van der Waals surface area (Å²) in [5.41, 5.74) is 5.75. The van der Waals surface area contributed by atoms with Gasteiger partial charge in [-0.1, -0.05) is 18.2 Å². The molecule has 0 saturated heterocycles. The molecule has 0 saturated carbocycles. The molecule has 2 aromatic rings. The topological polar surface area (TPSA) is 68.0 Å². The van der Waals surface area contributed by atoms with E-state index in [4.69, 9.17) is 5.73 Å². The van der Waals surface area contributed by atoms with Crippen LogP contribution in [0.1, 0.15) is 19.4 Å². The van der Waals surface area contributed by atoms with Crippen molar-refractivity contribution in [1.82, 2.24) is 10.3 Å². The number of pyridine rings is 1. The lowest BCUT2D eigenvalue weighted by Gasteiger charge is -2.22. The first-order chi connectivity index (χ1) is 8.50. The van der Waals surface area contributed by atoms with Gasteiger partial charge in [0.1, 0.15) is 0 Å². The number of nitrogens with zero attached hydrogens (tertiary/aromatic N) is 1. The average Bonchev–Trinajstić information content (AvgIpc) is 2.36. The van der Waals surface area contributed by atoms with Gasteiger partial charge in [0.05, 0.1) is 5.54 Å². The molecule has 94 valence electrons. The van der Waals surface area contributed by atoms with E-state index in [1.807, 2.05) is 30.5 Å². The Labute approximate surface area is 106 Å². The third-order valence-electron chi connectivity index (χ3n) is 3.11. The fourth-order valence-electron chi connectivity index (χ4n) is 1.75. The molecule has 0 aliphatic heterocycles. The van der Waals surface area contributed by atoms with Crippen LogP contribution in [-0.4, -0.2) is 16.4 Å². The fourth-order valence-corrected chi connectivity index (χ4v) is 1.75. The van der Waals surface area contributed by atoms with Crippen molar-refractivity contribution in [2.75, 3.05) is 0 Å². The molecule has 0 aliphatic carbocycles. The van der Waals surface area contributed by atoms with Crippen molar-refractivity contribution in [1.29, 1.82) is 0 Å². The maximum absolute atomic E-state index is 11.3. The zero-order valence-electron chi connectivity index (χ0n) is 10.6. The van der Waals surface area contributed by atoms with Crippen molar-refractivity contribution in [3.8, 4) is 0 Å². The molecule has 0 aliphatic rings. The van der Waals surface area contributed by atoms with Crippen molar-refractivity contribution >= 4 is 16.7 Å². The van der Waals surface area contributed by atoms with Crippen LogP contribution in [0.5, 0.6) is 0 Å². The summed E-state index contributed by atoms with van der Waals surface area (Å²) in [4.78, 5) is 15.4. The fraction of sp³-hybridized carbons (Fsp3) is 0.286. The van der Waals surface area contributed by atoms with Crippen LogP contribution in [0.2, 0.25) is 0 Å². The maximum Gasteiger partial charge on any atom is 0.237 e. The summed E-state index contributed by atoms with van der Waals surface area (Å²) in [6.45, 7) is 4.15. The summed E-state index contributed by atoms with van der Waals surface area (Å²) in [7, 11) is 0. The predicted octanol–water partition coefficient (Wildman–Crippen LogP) is 1.59. The van der Waals surface area contributed by atoms with E-state index < -0.39 is 5.54 Å². The summed E-state index contributed by atoms with van der Waals surface area (Å²) in [6, 6.07) is 8.01. The number of primary amides is 1. The normalized spacial score (nSPS) is 11.7. The van der Waals surface area contributed by atoms with E-state index in [9.17, 15) is 4.79 Å². The molecule has 1 aromatic carbocycles. The predicted molar refractivity (Wildman–Crippen MR) is 71.9 cm³/mol. The van der Waals surface area contributed by atoms with Crippen LogP contribution in [0.4, 0.5) is 0 Å². The molecule has 1 amide bonds. The van der Waals surface area contributed by atoms with E-state index in [1.54, 1.807) is 20.0 Å². The number of aromatic nitrogens is 1. The lowest BCUT2D eigenvalue weighted by atomic mass is 10.0. The van der Waals surface area contributed by atoms with Crippen molar-refractivity contribution in [2.24, 2.45) is 5.73 Å². The molecule has 1 aromatic heterocycles. The molecule has 0 bridgehead atoms. The molecule has 0 radical (unpaired) electrons. The van der Waals surface area contributed by atoms with Crippen LogP contribution in [0.25, 0.3) is 10.8 Å². The highest BCUT2D eigenvalue weighted by molar-refractivity contribution is 5.85. The Kier molecular flexibility index (Phi) is 3.30. The number of hydrogen-bond donors (Lipinski definition) is 2. The quantitative estimate of drug-likeness (QED) is 0.856. The Hall–Kier alpha value is -1.94. The van der Waals surface area contributed by atoms with Gasteiger partial charge < -0.3 is 5.73 Å². The van der Waals surface area contributed by atoms with Gasteiger partial charge in [-0.15, -0.1) is 0 Å². The molecular weight excluding hydrogens is 226 g/mol. The van der Waals surface area contributed by atoms with Gasteiger partial charge in [-0.2, -0.15) is 0 Å². The number of carbonyl (C=O) groups excluding carboxylic acids is 1. The van der Waals surface area contributed by atoms with Gasteiger partial charge in [0.2, 0.25) is 5.91 Å². The van der Waals surface area contributed by atoms with Crippen LogP contribution < -0.4 is 11.1 Å². The summed E-state index contributed by atoms with van der Waals surface area (Å²) < 4.78 is 0. The first-order valence-corrected chi connectivity index (χ1v) is 5.87. The molecule has 0 spiro atoms. The van der Waals surface area contributed by atoms with Gasteiger partial charge in [-0.05, 0) is 30.9 Å². The van der Waals surface area contributed by atoms with E-state index >= 15 is 0 Å². The molecular formula is C14H17N3O. The number of amides is 1. The molecule has 0 fully saturated rings. The minimum Gasteiger partial charge on any atom is -0.368 e. The Bertz CT molecular complexity index is 573. The van der Waals surface area contributed by atoms with E-state index in [2.05, 4.69) is 10.3 Å². The average molecular weight is 243 g/mol. The van der Waals surface area contributed by atoms with Gasteiger partial charge in [-0.3, -0.25) is 15.1 Å². The second kappa shape index (κ2) is 4.74. The third kappa shape index (κ3) is 2.49. The summed E-state index contributed by atoms with van der Waals surface area (Å²) in [5, 5.41) is 5.40. The monoisotopic (exact) mass is 243 g/mol. The molecule has 18 heavy (non-hydrogen) atoms. The Morgan fingerprint density at radius 2 is 2.17 bits per heavy atom. The van der Waals surface area contributed by atoms with Crippen molar-refractivity contribution in [3.63, 3.8) is 0 Å². The highest BCUT2D eigenvalue weighted by atomic mass is 16.1. The van der Waals surface area contributed by atoms with Crippen molar-refractivity contribution < 1.29 is 4.79 Å². The highest BCUT2D eigenvalue weighted by Gasteiger charge is 2.23. The minimum absolute atomic E-state index is 0.357. The second-order valence-electron chi connectivity index (χ2n) is 4.86. The maximum atomic E-state index is 11.3. The van der Waals surface area contributed by atoms with Crippen LogP contribution >= 0.6 is 0 Å². The number of nitrogens with one attached hydrogen (secondary N) is 1. The molecule has 2 rings (SSSR count). The SMILES string of the molecule is CC(C)(NCc1cccc2cnccc12)C(N)=O. The molecule has 4 heteroatoms. The Morgan fingerprint density at radius 1 is 1.39 bits per heavy atom. The van der Waals surface area contributed by atoms with Gasteiger partial charge in [0, 0.05) is 24.3 Å². The number of rotatable bonds is 4. The Balaban J connectivity index is 2.25. The number of benzene rings is 1. The summed E-state index contributed by atoms with van der Waals surface area (Å²) >= 11 is 0. The molecule has 1 heterocycles. The van der Waals surface area contributed by atoms with E-state index in [1.165, 1.54) is 0 Å². The van der Waals surface area contributed by atoms with Crippen LogP contribution in [0, 0.1) is 0 Å². The molecule has 0 atom stereocenters. The van der Waals surface area contributed by atoms with Crippen molar-refractivity contribution in [3.05, 3.63) is 42.2 Å². The number of nitrogens with two attached hydrogens (primary N) is 1. The van der Waals surface area contributed by atoms with Gasteiger partial charge in [0.15, 0.2) is 0 Å². The number of hydrogen-bond acceptors (Lipinski definition) is 3. The lowest BCUT2D eigenvalue weighted by Crippen LogP contribution is -2.50. The van der Waals surface area contributed by atoms with Gasteiger partial charge >= 0.3 is 0 Å². The van der Waals surface area contributed by atoms with E-state index in [-0.39, 0.29) is 5.91 Å². The number of fused-ring (bicyclic) bond motifs is 1. The standard InChI is InChI=1S/C14H17N3O/c1-14(2,13(15)18)17-9-11-5-3-4-10-8-16-7-6-12(10)11/h3-8,17H,9H2,1-2H3,(H2,15,18). The smallest absolute Gasteiger partial charge is 0.237 e. The second-order valence-corrected chi connectivity index (χ2v) is 4.86. The highest BCUT2D eigenvalue weighted by Crippen LogP contribution is 2.18. The van der Waals surface area contributed by atoms with Crippen LogP contribution in [0.3, 0.4) is 0 Å². The molecule has 4 nitrogen and oxygen atoms in total. The third-order valence-corrected chi connectivity index (χ3v) is 3.11. The molecule has 0 unspecified atom stereocenters. The lowest BCUT2D eigenvalue weighted by molar-refractivity contribution is -0.123. The summed E-state index contributed by atoms with van der Waals surface area (Å²) in [6.07, 6.45) is 3.60. The van der Waals surface area contributed by atoms with Crippen molar-refractivity contribution in [2.45, 2.75) is 25.9 Å². The Morgan fingerprint density at radius 3 is 2.89 bits per heavy atom. The first-order valence-electron chi connectivity index (χ1n) is 5.87. The van der Waals surface area contributed by atoms with Gasteiger partial charge in [-0.25, -0.2) is 0 Å². The zero-order chi connectivity index (χ0) is 13.2.